The molecule has 0 bridgehead atoms. The van der Waals surface area contributed by atoms with Gasteiger partial charge in [-0.15, -0.1) is 11.3 Å². The van der Waals surface area contributed by atoms with Gasteiger partial charge in [0, 0.05) is 36.5 Å². The molecule has 0 fully saturated rings. The van der Waals surface area contributed by atoms with Crippen LogP contribution in [0.4, 0.5) is 0 Å². The van der Waals surface area contributed by atoms with E-state index in [1.807, 2.05) is 24.3 Å². The third kappa shape index (κ3) is 3.40. The molecule has 0 atom stereocenters. The number of hydrogen-bond acceptors (Lipinski definition) is 3. The lowest BCUT2D eigenvalue weighted by Crippen LogP contribution is -2.02. The molecule has 1 aliphatic rings. The number of fused-ring (bicyclic) bond motifs is 3. The normalized spacial score (nSPS) is 12.6. The number of ether oxygens (including phenoxy) is 1. The van der Waals surface area contributed by atoms with E-state index in [1.165, 1.54) is 6.08 Å². The Labute approximate surface area is 169 Å². The van der Waals surface area contributed by atoms with E-state index < -0.39 is 0 Å². The van der Waals surface area contributed by atoms with Crippen molar-refractivity contribution in [2.24, 2.45) is 0 Å². The van der Waals surface area contributed by atoms with Gasteiger partial charge in [0.05, 0.1) is 5.02 Å². The van der Waals surface area contributed by atoms with E-state index >= 15 is 0 Å². The van der Waals surface area contributed by atoms with Crippen molar-refractivity contribution in [1.29, 1.82) is 0 Å². The van der Waals surface area contributed by atoms with Gasteiger partial charge in [0.15, 0.2) is 5.78 Å². The van der Waals surface area contributed by atoms with Gasteiger partial charge in [0.1, 0.15) is 12.4 Å². The van der Waals surface area contributed by atoms with Crippen LogP contribution in [0.2, 0.25) is 15.1 Å². The Bertz CT molecular complexity index is 1050. The molecule has 2 heterocycles. The molecule has 130 valence electrons. The van der Waals surface area contributed by atoms with E-state index in [0.29, 0.717) is 27.2 Å². The summed E-state index contributed by atoms with van der Waals surface area (Å²) in [5.41, 5.74) is 2.49. The fraction of sp³-hybridized carbons (Fsp3) is 0.0500. The molecule has 6 heteroatoms. The smallest absolute Gasteiger partial charge is 0.187 e. The second-order valence-corrected chi connectivity index (χ2v) is 8.12. The highest BCUT2D eigenvalue weighted by Crippen LogP contribution is 2.43. The van der Waals surface area contributed by atoms with Gasteiger partial charge in [0.2, 0.25) is 0 Å². The van der Waals surface area contributed by atoms with Crippen LogP contribution in [0, 0.1) is 0 Å². The molecule has 0 aliphatic carbocycles. The zero-order valence-electron chi connectivity index (χ0n) is 13.3. The molecule has 26 heavy (non-hydrogen) atoms. The number of carbonyl (C=O) groups excluding carboxylic acids is 1. The van der Waals surface area contributed by atoms with Gasteiger partial charge >= 0.3 is 0 Å². The summed E-state index contributed by atoms with van der Waals surface area (Å²) >= 11 is 19.7. The van der Waals surface area contributed by atoms with Crippen molar-refractivity contribution in [2.75, 3.05) is 0 Å². The predicted molar refractivity (Wildman–Crippen MR) is 109 cm³/mol. The molecule has 0 saturated carbocycles. The molecule has 0 N–H and O–H groups in total. The molecule has 4 rings (SSSR count). The summed E-state index contributed by atoms with van der Waals surface area (Å²) in [5.74, 6) is 0.654. The number of allylic oxidation sites excluding steroid dienone is 1. The summed E-state index contributed by atoms with van der Waals surface area (Å²) in [6, 6.07) is 12.5. The number of ketones is 1. The second-order valence-electron chi connectivity index (χ2n) is 5.75. The maximum Gasteiger partial charge on any atom is 0.187 e. The first kappa shape index (κ1) is 17.6. The Morgan fingerprint density at radius 2 is 1.81 bits per heavy atom. The largest absolute Gasteiger partial charge is 0.488 e. The van der Waals surface area contributed by atoms with E-state index in [-0.39, 0.29) is 5.78 Å². The standard InChI is InChI=1S/C20H11Cl3O2S/c21-12-2-6-19-16(8-12)20-11(10-25-19)7-14(26-20)3-5-18(24)15-4-1-13(22)9-17(15)23/h1-9H,10H2. The van der Waals surface area contributed by atoms with Crippen LogP contribution in [0.15, 0.2) is 48.5 Å². The van der Waals surface area contributed by atoms with E-state index in [9.17, 15) is 4.79 Å². The first-order valence-corrected chi connectivity index (χ1v) is 9.69. The minimum Gasteiger partial charge on any atom is -0.488 e. The van der Waals surface area contributed by atoms with Gasteiger partial charge in [-0.25, -0.2) is 0 Å². The predicted octanol–water partition coefficient (Wildman–Crippen LogP) is 7.16. The summed E-state index contributed by atoms with van der Waals surface area (Å²) in [6.45, 7) is 0.505. The fourth-order valence-corrected chi connectivity index (χ4v) is 4.53. The van der Waals surface area contributed by atoms with Gasteiger partial charge in [-0.1, -0.05) is 34.8 Å². The lowest BCUT2D eigenvalue weighted by atomic mass is 10.1. The highest BCUT2D eigenvalue weighted by atomic mass is 35.5. The summed E-state index contributed by atoms with van der Waals surface area (Å²) in [4.78, 5) is 14.5. The Hall–Kier alpha value is -1.78. The second kappa shape index (κ2) is 7.09. The highest BCUT2D eigenvalue weighted by Gasteiger charge is 2.20. The molecule has 3 aromatic rings. The van der Waals surface area contributed by atoms with E-state index in [1.54, 1.807) is 35.6 Å². The number of carbonyl (C=O) groups is 1. The van der Waals surface area contributed by atoms with Crippen LogP contribution in [-0.2, 0) is 6.61 Å². The van der Waals surface area contributed by atoms with E-state index in [2.05, 4.69) is 0 Å². The fourth-order valence-electron chi connectivity index (χ4n) is 2.77. The number of hydrogen-bond donors (Lipinski definition) is 0. The quantitative estimate of drug-likeness (QED) is 0.331. The molecule has 0 amide bonds. The van der Waals surface area contributed by atoms with Gasteiger partial charge in [-0.3, -0.25) is 4.79 Å². The van der Waals surface area contributed by atoms with Gasteiger partial charge < -0.3 is 4.74 Å². The molecular weight excluding hydrogens is 411 g/mol. The third-order valence-electron chi connectivity index (χ3n) is 3.99. The van der Waals surface area contributed by atoms with Crippen molar-refractivity contribution in [2.45, 2.75) is 6.61 Å². The summed E-state index contributed by atoms with van der Waals surface area (Å²) in [5, 5.41) is 1.51. The summed E-state index contributed by atoms with van der Waals surface area (Å²) < 4.78 is 5.77. The average Bonchev–Trinajstić information content (AvgIpc) is 3.03. The first-order valence-electron chi connectivity index (χ1n) is 7.74. The zero-order chi connectivity index (χ0) is 18.3. The third-order valence-corrected chi connectivity index (χ3v) is 5.95. The maximum atomic E-state index is 12.4. The Morgan fingerprint density at radius 3 is 2.62 bits per heavy atom. The Kier molecular flexibility index (Phi) is 4.80. The molecule has 1 aliphatic heterocycles. The van der Waals surface area contributed by atoms with Crippen molar-refractivity contribution in [3.8, 4) is 16.2 Å². The van der Waals surface area contributed by atoms with Gasteiger partial charge in [0.25, 0.3) is 0 Å². The number of benzene rings is 2. The Balaban J connectivity index is 1.63. The molecule has 2 aromatic carbocycles. The van der Waals surface area contributed by atoms with Crippen LogP contribution in [0.3, 0.4) is 0 Å². The monoisotopic (exact) mass is 420 g/mol. The van der Waals surface area contributed by atoms with Gasteiger partial charge in [-0.2, -0.15) is 0 Å². The topological polar surface area (TPSA) is 26.3 Å². The van der Waals surface area contributed by atoms with Crippen LogP contribution in [-0.4, -0.2) is 5.78 Å². The van der Waals surface area contributed by atoms with Crippen LogP contribution in [0.25, 0.3) is 16.5 Å². The lowest BCUT2D eigenvalue weighted by Gasteiger charge is -2.17. The van der Waals surface area contributed by atoms with E-state index in [0.717, 1.165) is 26.6 Å². The molecule has 1 aromatic heterocycles. The van der Waals surface area contributed by atoms with Crippen LogP contribution in [0.1, 0.15) is 20.8 Å². The van der Waals surface area contributed by atoms with Crippen molar-refractivity contribution >= 4 is 58.0 Å². The summed E-state index contributed by atoms with van der Waals surface area (Å²) in [7, 11) is 0. The molecule has 0 unspecified atom stereocenters. The van der Waals surface area contributed by atoms with Crippen molar-refractivity contribution < 1.29 is 9.53 Å². The first-order chi connectivity index (χ1) is 12.5. The molecule has 2 nitrogen and oxygen atoms in total. The van der Waals surface area contributed by atoms with Gasteiger partial charge in [-0.05, 0) is 54.6 Å². The minimum absolute atomic E-state index is 0.169. The SMILES string of the molecule is O=C(C=Cc1cc2c(s1)-c1cc(Cl)ccc1OC2)c1ccc(Cl)cc1Cl. The van der Waals surface area contributed by atoms with Crippen molar-refractivity contribution in [1.82, 2.24) is 0 Å². The molecule has 0 radical (unpaired) electrons. The Morgan fingerprint density at radius 1 is 1.04 bits per heavy atom. The molecular formula is C20H11Cl3O2S. The van der Waals surface area contributed by atoms with Crippen LogP contribution < -0.4 is 4.74 Å². The van der Waals surface area contributed by atoms with Crippen molar-refractivity contribution in [3.63, 3.8) is 0 Å². The zero-order valence-corrected chi connectivity index (χ0v) is 16.3. The van der Waals surface area contributed by atoms with Crippen LogP contribution in [0.5, 0.6) is 5.75 Å². The molecule has 0 saturated heterocycles. The summed E-state index contributed by atoms with van der Waals surface area (Å²) in [6.07, 6.45) is 3.31. The lowest BCUT2D eigenvalue weighted by molar-refractivity contribution is 0.104. The minimum atomic E-state index is -0.169. The number of rotatable bonds is 3. The van der Waals surface area contributed by atoms with Crippen molar-refractivity contribution in [3.05, 3.63) is 79.6 Å². The number of thiophene rings is 1. The molecule has 0 spiro atoms. The van der Waals surface area contributed by atoms with Crippen LogP contribution >= 0.6 is 46.1 Å². The maximum absolute atomic E-state index is 12.4. The highest BCUT2D eigenvalue weighted by molar-refractivity contribution is 7.16. The number of halogens is 3. The van der Waals surface area contributed by atoms with E-state index in [4.69, 9.17) is 39.5 Å². The average molecular weight is 422 g/mol.